The summed E-state index contributed by atoms with van der Waals surface area (Å²) in [5.41, 5.74) is 0.176. The number of phenols is 1. The van der Waals surface area contributed by atoms with E-state index in [-0.39, 0.29) is 40.6 Å². The molecule has 3 heterocycles. The zero-order valence-electron chi connectivity index (χ0n) is 19.0. The van der Waals surface area contributed by atoms with Gasteiger partial charge in [-0.05, 0) is 39.0 Å². The van der Waals surface area contributed by atoms with Crippen molar-refractivity contribution in [1.82, 2.24) is 14.9 Å². The fourth-order valence-corrected chi connectivity index (χ4v) is 4.71. The lowest BCUT2D eigenvalue weighted by Gasteiger charge is -2.41. The quantitative estimate of drug-likeness (QED) is 0.537. The van der Waals surface area contributed by atoms with Gasteiger partial charge in [0.15, 0.2) is 5.75 Å². The molecule has 2 aromatic carbocycles. The second kappa shape index (κ2) is 8.16. The molecule has 0 bridgehead atoms. The lowest BCUT2D eigenvalue weighted by atomic mass is 10.0. The van der Waals surface area contributed by atoms with Gasteiger partial charge in [0.25, 0.3) is 0 Å². The number of rotatable bonds is 1. The molecule has 1 aromatic heterocycles. The molecule has 0 aliphatic carbocycles. The molecule has 34 heavy (non-hydrogen) atoms. The molecule has 1 atom stereocenters. The predicted octanol–water partition coefficient (Wildman–Crippen LogP) is 4.61. The summed E-state index contributed by atoms with van der Waals surface area (Å²) >= 11 is 6.73. The van der Waals surface area contributed by atoms with Crippen LogP contribution in [0.5, 0.6) is 11.5 Å². The minimum Gasteiger partial charge on any atom is -0.507 e. The van der Waals surface area contributed by atoms with Crippen LogP contribution in [-0.2, 0) is 4.74 Å². The van der Waals surface area contributed by atoms with Crippen molar-refractivity contribution in [3.05, 3.63) is 41.4 Å². The summed E-state index contributed by atoms with van der Waals surface area (Å²) in [6.45, 7) is 7.07. The molecule has 0 saturated carbocycles. The largest absolute Gasteiger partial charge is 0.507 e. The summed E-state index contributed by atoms with van der Waals surface area (Å²) in [4.78, 5) is 25.3. The number of nitrogens with zero attached hydrogens (tertiary/aromatic N) is 4. The number of aromatic nitrogens is 2. The Bertz CT molecular complexity index is 1280. The van der Waals surface area contributed by atoms with Gasteiger partial charge in [-0.15, -0.1) is 0 Å². The number of halogens is 2. The zero-order valence-corrected chi connectivity index (χ0v) is 19.8. The van der Waals surface area contributed by atoms with Gasteiger partial charge < -0.3 is 24.4 Å². The fourth-order valence-electron chi connectivity index (χ4n) is 4.41. The number of carbonyl (C=O) groups is 1. The predicted molar refractivity (Wildman–Crippen MR) is 126 cm³/mol. The van der Waals surface area contributed by atoms with E-state index in [0.29, 0.717) is 42.1 Å². The molecule has 0 radical (unpaired) electrons. The van der Waals surface area contributed by atoms with E-state index >= 15 is 0 Å². The van der Waals surface area contributed by atoms with Crippen molar-refractivity contribution < 1.29 is 23.8 Å². The van der Waals surface area contributed by atoms with Gasteiger partial charge in [0.05, 0.1) is 27.5 Å². The van der Waals surface area contributed by atoms with Crippen LogP contribution in [0.2, 0.25) is 5.02 Å². The van der Waals surface area contributed by atoms with Crippen molar-refractivity contribution in [2.24, 2.45) is 0 Å². The van der Waals surface area contributed by atoms with E-state index in [2.05, 4.69) is 14.9 Å². The number of phenolic OH excluding ortho intramolecular Hbond substituents is 1. The molecular weight excluding hydrogens is 463 g/mol. The van der Waals surface area contributed by atoms with Crippen LogP contribution in [0.15, 0.2) is 30.6 Å². The molecule has 1 fully saturated rings. The van der Waals surface area contributed by atoms with Gasteiger partial charge >= 0.3 is 6.09 Å². The first kappa shape index (κ1) is 22.5. The van der Waals surface area contributed by atoms with Gasteiger partial charge in [0.1, 0.15) is 35.9 Å². The average Bonchev–Trinajstić information content (AvgIpc) is 2.93. The monoisotopic (exact) mass is 486 g/mol. The third-order valence-corrected chi connectivity index (χ3v) is 6.26. The highest BCUT2D eigenvalue weighted by Gasteiger charge is 2.37. The minimum atomic E-state index is -0.609. The molecule has 0 unspecified atom stereocenters. The van der Waals surface area contributed by atoms with Crippen LogP contribution in [0.1, 0.15) is 20.8 Å². The van der Waals surface area contributed by atoms with E-state index in [1.165, 1.54) is 24.5 Å². The van der Waals surface area contributed by atoms with E-state index < -0.39 is 11.4 Å². The highest BCUT2D eigenvalue weighted by atomic mass is 35.5. The minimum absolute atomic E-state index is 0.0208. The van der Waals surface area contributed by atoms with Crippen LogP contribution >= 0.6 is 11.6 Å². The number of fused-ring (bicyclic) bond motifs is 2. The Balaban J connectivity index is 1.56. The number of hydrogen-bond acceptors (Lipinski definition) is 7. The molecule has 5 rings (SSSR count). The Morgan fingerprint density at radius 3 is 2.82 bits per heavy atom. The number of piperazine rings is 1. The number of carbonyl (C=O) groups excluding carboxylic acids is 1. The summed E-state index contributed by atoms with van der Waals surface area (Å²) in [6, 6.07) is 5.50. The Kier molecular flexibility index (Phi) is 5.39. The summed E-state index contributed by atoms with van der Waals surface area (Å²) in [7, 11) is 0. The molecule has 1 saturated heterocycles. The average molecular weight is 487 g/mol. The highest BCUT2D eigenvalue weighted by molar-refractivity contribution is 6.36. The second-order valence-corrected chi connectivity index (χ2v) is 9.76. The maximum Gasteiger partial charge on any atom is 0.410 e. The molecule has 1 N–H and O–H groups in total. The molecule has 2 aliphatic rings. The van der Waals surface area contributed by atoms with Crippen molar-refractivity contribution in [3.8, 4) is 22.6 Å². The van der Waals surface area contributed by atoms with E-state index in [1.54, 1.807) is 11.0 Å². The first-order chi connectivity index (χ1) is 16.1. The van der Waals surface area contributed by atoms with Gasteiger partial charge in [-0.2, -0.15) is 0 Å². The molecular formula is C24H24ClFN4O4. The molecule has 2 aliphatic heterocycles. The summed E-state index contributed by atoms with van der Waals surface area (Å²) in [6.07, 6.45) is 1.06. The van der Waals surface area contributed by atoms with Crippen molar-refractivity contribution in [2.75, 3.05) is 31.1 Å². The summed E-state index contributed by atoms with van der Waals surface area (Å²) in [5, 5.41) is 11.1. The van der Waals surface area contributed by atoms with Crippen LogP contribution in [-0.4, -0.2) is 64.0 Å². The van der Waals surface area contributed by atoms with Crippen molar-refractivity contribution in [2.45, 2.75) is 32.4 Å². The van der Waals surface area contributed by atoms with E-state index in [4.69, 9.17) is 21.1 Å². The van der Waals surface area contributed by atoms with E-state index in [1.807, 2.05) is 20.8 Å². The van der Waals surface area contributed by atoms with Crippen LogP contribution in [0.25, 0.3) is 22.0 Å². The summed E-state index contributed by atoms with van der Waals surface area (Å²) < 4.78 is 26.3. The SMILES string of the molecule is CC(C)(C)OC(=O)N1CCN2c3ncnc4cc(-c5c(O)cccc5F)c(Cl)c(c34)OC[C@@H]2C1. The van der Waals surface area contributed by atoms with Gasteiger partial charge in [-0.1, -0.05) is 17.7 Å². The lowest BCUT2D eigenvalue weighted by Crippen LogP contribution is -2.57. The van der Waals surface area contributed by atoms with Gasteiger partial charge in [-0.3, -0.25) is 0 Å². The zero-order chi connectivity index (χ0) is 24.2. The van der Waals surface area contributed by atoms with Gasteiger partial charge in [0, 0.05) is 25.2 Å². The van der Waals surface area contributed by atoms with Crippen LogP contribution in [0, 0.1) is 5.82 Å². The van der Waals surface area contributed by atoms with Crippen LogP contribution < -0.4 is 9.64 Å². The Labute approximate surface area is 200 Å². The normalized spacial score (nSPS) is 17.7. The van der Waals surface area contributed by atoms with Gasteiger partial charge in [0.2, 0.25) is 0 Å². The smallest absolute Gasteiger partial charge is 0.410 e. The second-order valence-electron chi connectivity index (χ2n) is 9.38. The highest BCUT2D eigenvalue weighted by Crippen LogP contribution is 2.47. The molecule has 10 heteroatoms. The van der Waals surface area contributed by atoms with E-state index in [0.717, 1.165) is 0 Å². The Morgan fingerprint density at radius 1 is 1.29 bits per heavy atom. The Hall–Kier alpha value is -3.33. The standard InChI is InChI=1S/C24H24ClFN4O4/c1-24(2,3)34-23(32)29-7-8-30-13(10-29)11-33-21-19-16(27-12-28-22(19)30)9-14(20(21)25)18-15(26)5-4-6-17(18)31/h4-6,9,12-13,31H,7-8,10-11H2,1-3H3/t13-/m0/s1. The number of benzene rings is 2. The Morgan fingerprint density at radius 2 is 2.09 bits per heavy atom. The maximum absolute atomic E-state index is 14.7. The molecule has 178 valence electrons. The molecule has 0 spiro atoms. The van der Waals surface area contributed by atoms with Gasteiger partial charge in [-0.25, -0.2) is 19.2 Å². The first-order valence-corrected chi connectivity index (χ1v) is 11.3. The third kappa shape index (κ3) is 3.83. The number of anilines is 1. The first-order valence-electron chi connectivity index (χ1n) is 11.0. The summed E-state index contributed by atoms with van der Waals surface area (Å²) in [5.74, 6) is 0.117. The van der Waals surface area contributed by atoms with Crippen molar-refractivity contribution >= 4 is 34.4 Å². The maximum atomic E-state index is 14.7. The topological polar surface area (TPSA) is 88.0 Å². The fraction of sp³-hybridized carbons (Fsp3) is 0.375. The van der Waals surface area contributed by atoms with Crippen LogP contribution in [0.3, 0.4) is 0 Å². The van der Waals surface area contributed by atoms with Crippen LogP contribution in [0.4, 0.5) is 15.0 Å². The van der Waals surface area contributed by atoms with E-state index in [9.17, 15) is 14.3 Å². The lowest BCUT2D eigenvalue weighted by molar-refractivity contribution is 0.0202. The number of aromatic hydroxyl groups is 1. The molecule has 3 aromatic rings. The molecule has 8 nitrogen and oxygen atoms in total. The molecule has 1 amide bonds. The van der Waals surface area contributed by atoms with Crippen molar-refractivity contribution in [1.29, 1.82) is 0 Å². The third-order valence-electron chi connectivity index (χ3n) is 5.89. The number of ether oxygens (including phenoxy) is 2. The number of hydrogen-bond donors (Lipinski definition) is 1. The number of amides is 1. The van der Waals surface area contributed by atoms with Crippen molar-refractivity contribution in [3.63, 3.8) is 0 Å².